The molecule has 0 aromatic carbocycles. The maximum Gasteiger partial charge on any atom is 0.235 e. The van der Waals surface area contributed by atoms with E-state index in [-0.39, 0.29) is 5.91 Å². The van der Waals surface area contributed by atoms with E-state index in [1.54, 1.807) is 11.6 Å². The van der Waals surface area contributed by atoms with Crippen LogP contribution in [0.15, 0.2) is 18.2 Å². The lowest BCUT2D eigenvalue weighted by atomic mass is 9.87. The van der Waals surface area contributed by atoms with Gasteiger partial charge in [-0.05, 0) is 13.3 Å². The molecule has 0 aliphatic heterocycles. The van der Waals surface area contributed by atoms with E-state index in [2.05, 4.69) is 22.1 Å². The molecule has 1 atom stereocenters. The number of nitrogens with zero attached hydrogens (tertiary/aromatic N) is 2. The van der Waals surface area contributed by atoms with Gasteiger partial charge in [0.05, 0.1) is 5.41 Å². The molecule has 4 nitrogen and oxygen atoms in total. The van der Waals surface area contributed by atoms with E-state index in [1.165, 1.54) is 11.3 Å². The maximum atomic E-state index is 11.8. The summed E-state index contributed by atoms with van der Waals surface area (Å²) in [5.41, 5.74) is 1.04. The molecule has 0 saturated heterocycles. The van der Waals surface area contributed by atoms with Gasteiger partial charge in [-0.15, -0.1) is 16.8 Å². The van der Waals surface area contributed by atoms with Gasteiger partial charge in [0.15, 0.2) is 0 Å². The van der Waals surface area contributed by atoms with Crippen molar-refractivity contribution in [2.75, 3.05) is 5.32 Å². The fraction of sp³-hybridized carbons (Fsp3) is 0.444. The van der Waals surface area contributed by atoms with Gasteiger partial charge < -0.3 is 0 Å². The first kappa shape index (κ1) is 10.8. The quantitative estimate of drug-likeness (QED) is 0.776. The summed E-state index contributed by atoms with van der Waals surface area (Å²) in [5.74, 6) is -0.0910. The Kier molecular flexibility index (Phi) is 3.35. The van der Waals surface area contributed by atoms with Gasteiger partial charge in [0.25, 0.3) is 0 Å². The summed E-state index contributed by atoms with van der Waals surface area (Å²) < 4.78 is 0. The summed E-state index contributed by atoms with van der Waals surface area (Å²) in [6, 6.07) is 0. The summed E-state index contributed by atoms with van der Waals surface area (Å²) in [6.45, 7) is 7.45. The van der Waals surface area contributed by atoms with Crippen LogP contribution in [-0.4, -0.2) is 16.1 Å². The first-order valence-electron chi connectivity index (χ1n) is 4.33. The molecule has 1 N–H and O–H groups in total. The van der Waals surface area contributed by atoms with Crippen molar-refractivity contribution in [3.63, 3.8) is 0 Å². The summed E-state index contributed by atoms with van der Waals surface area (Å²) in [5, 5.41) is 10.6. The molecular weight excluding hydrogens is 198 g/mol. The predicted molar refractivity (Wildman–Crippen MR) is 57.1 cm³/mol. The second kappa shape index (κ2) is 4.32. The molecule has 0 aliphatic rings. The Balaban J connectivity index is 2.71. The fourth-order valence-corrected chi connectivity index (χ4v) is 1.31. The zero-order valence-corrected chi connectivity index (χ0v) is 9.10. The molecule has 1 aromatic rings. The van der Waals surface area contributed by atoms with Crippen LogP contribution in [-0.2, 0) is 4.79 Å². The second-order valence-corrected chi connectivity index (χ2v) is 4.01. The van der Waals surface area contributed by atoms with Gasteiger partial charge in [0, 0.05) is 0 Å². The van der Waals surface area contributed by atoms with Gasteiger partial charge in [0.2, 0.25) is 11.0 Å². The summed E-state index contributed by atoms with van der Waals surface area (Å²) in [6.07, 6.45) is 2.37. The molecule has 1 heterocycles. The molecule has 1 unspecified atom stereocenters. The normalized spacial score (nSPS) is 14.4. The van der Waals surface area contributed by atoms with Crippen molar-refractivity contribution in [1.29, 1.82) is 0 Å². The van der Waals surface area contributed by atoms with E-state index in [0.29, 0.717) is 11.6 Å². The van der Waals surface area contributed by atoms with Crippen molar-refractivity contribution in [3.05, 3.63) is 18.2 Å². The lowest BCUT2D eigenvalue weighted by molar-refractivity contribution is -0.122. The first-order valence-corrected chi connectivity index (χ1v) is 5.21. The molecule has 0 fully saturated rings. The smallest absolute Gasteiger partial charge is 0.235 e. The Morgan fingerprint density at radius 1 is 1.86 bits per heavy atom. The molecule has 14 heavy (non-hydrogen) atoms. The average Bonchev–Trinajstić information content (AvgIpc) is 2.69. The van der Waals surface area contributed by atoms with Gasteiger partial charge >= 0.3 is 0 Å². The molecule has 1 amide bonds. The van der Waals surface area contributed by atoms with Gasteiger partial charge in [-0.2, -0.15) is 0 Å². The molecule has 1 rings (SSSR count). The Morgan fingerprint density at radius 2 is 2.57 bits per heavy atom. The highest BCUT2D eigenvalue weighted by molar-refractivity contribution is 7.13. The highest BCUT2D eigenvalue weighted by atomic mass is 32.1. The Bertz CT molecular complexity index is 323. The monoisotopic (exact) mass is 211 g/mol. The topological polar surface area (TPSA) is 54.9 Å². The van der Waals surface area contributed by atoms with E-state index >= 15 is 0 Å². The highest BCUT2D eigenvalue weighted by Gasteiger charge is 2.28. The number of carbonyl (C=O) groups excluding carboxylic acids is 1. The van der Waals surface area contributed by atoms with E-state index in [1.807, 2.05) is 13.8 Å². The van der Waals surface area contributed by atoms with Crippen LogP contribution in [0.4, 0.5) is 5.13 Å². The zero-order valence-electron chi connectivity index (χ0n) is 8.28. The number of carbonyl (C=O) groups is 1. The van der Waals surface area contributed by atoms with Gasteiger partial charge in [0.1, 0.15) is 5.51 Å². The van der Waals surface area contributed by atoms with Crippen molar-refractivity contribution >= 4 is 22.4 Å². The molecule has 0 aliphatic carbocycles. The maximum absolute atomic E-state index is 11.8. The van der Waals surface area contributed by atoms with Crippen molar-refractivity contribution < 1.29 is 4.79 Å². The standard InChI is InChI=1S/C9H13N3OS/c1-4-9(3,5-2)7(13)11-8-12-10-6-14-8/h4,6H,1,5H2,2-3H3,(H,11,12,13). The average molecular weight is 211 g/mol. The van der Waals surface area contributed by atoms with Gasteiger partial charge in [-0.1, -0.05) is 24.3 Å². The number of hydrogen-bond donors (Lipinski definition) is 1. The van der Waals surface area contributed by atoms with Crippen LogP contribution in [0.2, 0.25) is 0 Å². The van der Waals surface area contributed by atoms with Crippen LogP contribution in [0.1, 0.15) is 20.3 Å². The summed E-state index contributed by atoms with van der Waals surface area (Å²) in [4.78, 5) is 11.8. The fourth-order valence-electron chi connectivity index (χ4n) is 0.865. The second-order valence-electron chi connectivity index (χ2n) is 3.17. The molecule has 76 valence electrons. The van der Waals surface area contributed by atoms with Crippen molar-refractivity contribution in [2.45, 2.75) is 20.3 Å². The number of amides is 1. The number of hydrogen-bond acceptors (Lipinski definition) is 4. The lowest BCUT2D eigenvalue weighted by Gasteiger charge is -2.21. The molecule has 0 spiro atoms. The molecule has 0 bridgehead atoms. The van der Waals surface area contributed by atoms with Crippen LogP contribution < -0.4 is 5.32 Å². The van der Waals surface area contributed by atoms with Crippen molar-refractivity contribution in [1.82, 2.24) is 10.2 Å². The van der Waals surface area contributed by atoms with Crippen LogP contribution in [0, 0.1) is 5.41 Å². The third-order valence-electron chi connectivity index (χ3n) is 2.28. The van der Waals surface area contributed by atoms with Crippen molar-refractivity contribution in [2.24, 2.45) is 5.41 Å². The highest BCUT2D eigenvalue weighted by Crippen LogP contribution is 2.24. The predicted octanol–water partition coefficient (Wildman–Crippen LogP) is 2.08. The molecule has 5 heteroatoms. The zero-order chi connectivity index (χ0) is 10.6. The number of aromatic nitrogens is 2. The SMILES string of the molecule is C=CC(C)(CC)C(=O)Nc1nncs1. The summed E-state index contributed by atoms with van der Waals surface area (Å²) in [7, 11) is 0. The van der Waals surface area contributed by atoms with Crippen LogP contribution in [0.25, 0.3) is 0 Å². The van der Waals surface area contributed by atoms with Gasteiger partial charge in [-0.25, -0.2) is 0 Å². The Morgan fingerprint density at radius 3 is 3.00 bits per heavy atom. The molecule has 1 aromatic heterocycles. The Hall–Kier alpha value is -1.23. The number of anilines is 1. The molecular formula is C9H13N3OS. The number of rotatable bonds is 4. The number of nitrogens with one attached hydrogen (secondary N) is 1. The Labute approximate surface area is 87.1 Å². The third kappa shape index (κ3) is 2.17. The van der Waals surface area contributed by atoms with E-state index in [0.717, 1.165) is 0 Å². The van der Waals surface area contributed by atoms with Crippen molar-refractivity contribution in [3.8, 4) is 0 Å². The largest absolute Gasteiger partial charge is 0.300 e. The first-order chi connectivity index (χ1) is 6.62. The lowest BCUT2D eigenvalue weighted by Crippen LogP contribution is -2.30. The molecule has 0 saturated carbocycles. The summed E-state index contributed by atoms with van der Waals surface area (Å²) >= 11 is 1.30. The third-order valence-corrected chi connectivity index (χ3v) is 2.89. The minimum absolute atomic E-state index is 0.0910. The van der Waals surface area contributed by atoms with E-state index < -0.39 is 5.41 Å². The van der Waals surface area contributed by atoms with Crippen LogP contribution in [0.3, 0.4) is 0 Å². The minimum Gasteiger partial charge on any atom is -0.300 e. The van der Waals surface area contributed by atoms with Gasteiger partial charge in [-0.3, -0.25) is 10.1 Å². The van der Waals surface area contributed by atoms with Crippen LogP contribution in [0.5, 0.6) is 0 Å². The van der Waals surface area contributed by atoms with E-state index in [9.17, 15) is 4.79 Å². The van der Waals surface area contributed by atoms with E-state index in [4.69, 9.17) is 0 Å². The molecule has 0 radical (unpaired) electrons. The minimum atomic E-state index is -0.536. The van der Waals surface area contributed by atoms with Crippen LogP contribution >= 0.6 is 11.3 Å².